The molecule has 1 aromatic carbocycles. The van der Waals surface area contributed by atoms with Crippen molar-refractivity contribution in [3.05, 3.63) is 28.3 Å². The van der Waals surface area contributed by atoms with Gasteiger partial charge in [0.25, 0.3) is 0 Å². The van der Waals surface area contributed by atoms with Crippen molar-refractivity contribution in [3.8, 4) is 5.75 Å². The second kappa shape index (κ2) is 7.67. The number of aliphatic hydroxyl groups excluding tert-OH is 1. The lowest BCUT2D eigenvalue weighted by Gasteiger charge is -2.35. The van der Waals surface area contributed by atoms with Crippen LogP contribution in [0.3, 0.4) is 0 Å². The molecule has 4 heteroatoms. The Labute approximate surface area is 139 Å². The Bertz CT molecular complexity index is 473. The van der Waals surface area contributed by atoms with Crippen molar-refractivity contribution >= 4 is 11.6 Å². The number of β-amino-alcohol motifs (C(OH)–C–C–N with tert-alkyl or cyclic N) is 1. The summed E-state index contributed by atoms with van der Waals surface area (Å²) in [4.78, 5) is 2.35. The zero-order valence-electron chi connectivity index (χ0n) is 14.1. The minimum absolute atomic E-state index is 0.319. The Morgan fingerprint density at radius 3 is 2.32 bits per heavy atom. The summed E-state index contributed by atoms with van der Waals surface area (Å²) >= 11 is 6.16. The molecular weight excluding hydrogens is 298 g/mol. The third kappa shape index (κ3) is 4.87. The van der Waals surface area contributed by atoms with E-state index in [1.807, 2.05) is 26.0 Å². The van der Waals surface area contributed by atoms with Gasteiger partial charge in [-0.1, -0.05) is 25.4 Å². The largest absolute Gasteiger partial charge is 0.491 e. The summed E-state index contributed by atoms with van der Waals surface area (Å²) in [6.07, 6.45) is 0.820. The minimum atomic E-state index is -0.464. The molecule has 0 bridgehead atoms. The van der Waals surface area contributed by atoms with E-state index < -0.39 is 6.10 Å². The molecule has 1 aromatic rings. The third-order valence-corrected chi connectivity index (χ3v) is 4.86. The van der Waals surface area contributed by atoms with Gasteiger partial charge in [0.05, 0.1) is 0 Å². The number of likely N-dealkylation sites (tertiary alicyclic amines) is 1. The summed E-state index contributed by atoms with van der Waals surface area (Å²) in [5.41, 5.74) is 2.01. The van der Waals surface area contributed by atoms with E-state index >= 15 is 0 Å². The van der Waals surface area contributed by atoms with Crippen molar-refractivity contribution in [2.45, 2.75) is 40.2 Å². The highest BCUT2D eigenvalue weighted by Gasteiger charge is 2.23. The first-order valence-electron chi connectivity index (χ1n) is 8.15. The van der Waals surface area contributed by atoms with Gasteiger partial charge in [-0.15, -0.1) is 0 Å². The van der Waals surface area contributed by atoms with Crippen LogP contribution in [0, 0.1) is 25.7 Å². The zero-order chi connectivity index (χ0) is 16.3. The van der Waals surface area contributed by atoms with Crippen LogP contribution in [0.2, 0.25) is 5.02 Å². The first kappa shape index (κ1) is 17.6. The second-order valence-electron chi connectivity index (χ2n) is 7.00. The molecule has 1 heterocycles. The monoisotopic (exact) mass is 325 g/mol. The van der Waals surface area contributed by atoms with Gasteiger partial charge in [0, 0.05) is 24.7 Å². The maximum absolute atomic E-state index is 10.2. The fraction of sp³-hybridized carbons (Fsp3) is 0.667. The second-order valence-corrected chi connectivity index (χ2v) is 7.38. The number of piperidine rings is 1. The highest BCUT2D eigenvalue weighted by atomic mass is 35.5. The fourth-order valence-electron chi connectivity index (χ4n) is 3.47. The van der Waals surface area contributed by atoms with E-state index in [-0.39, 0.29) is 0 Å². The topological polar surface area (TPSA) is 32.7 Å². The molecule has 1 fully saturated rings. The summed E-state index contributed by atoms with van der Waals surface area (Å²) in [6, 6.07) is 3.85. The Kier molecular flexibility index (Phi) is 6.13. The summed E-state index contributed by atoms with van der Waals surface area (Å²) < 4.78 is 5.74. The number of nitrogens with zero attached hydrogens (tertiary/aromatic N) is 1. The molecule has 0 spiro atoms. The molecule has 1 N–H and O–H groups in total. The average Bonchev–Trinajstić information content (AvgIpc) is 2.41. The van der Waals surface area contributed by atoms with Crippen LogP contribution in [0.4, 0.5) is 0 Å². The Hall–Kier alpha value is -0.770. The molecule has 3 atom stereocenters. The lowest BCUT2D eigenvalue weighted by molar-refractivity contribution is 0.0428. The maximum Gasteiger partial charge on any atom is 0.120 e. The van der Waals surface area contributed by atoms with Crippen molar-refractivity contribution in [2.75, 3.05) is 26.2 Å². The lowest BCUT2D eigenvalue weighted by atomic mass is 9.92. The van der Waals surface area contributed by atoms with Gasteiger partial charge in [0.2, 0.25) is 0 Å². The van der Waals surface area contributed by atoms with Gasteiger partial charge in [0.15, 0.2) is 0 Å². The molecule has 0 saturated carbocycles. The zero-order valence-corrected chi connectivity index (χ0v) is 14.9. The van der Waals surface area contributed by atoms with Crippen molar-refractivity contribution < 1.29 is 9.84 Å². The highest BCUT2D eigenvalue weighted by Crippen LogP contribution is 2.26. The van der Waals surface area contributed by atoms with Crippen molar-refractivity contribution in [1.82, 2.24) is 4.90 Å². The summed E-state index contributed by atoms with van der Waals surface area (Å²) in [7, 11) is 0. The molecular formula is C18H28ClNO2. The van der Waals surface area contributed by atoms with Gasteiger partial charge >= 0.3 is 0 Å². The van der Waals surface area contributed by atoms with Gasteiger partial charge in [-0.3, -0.25) is 0 Å². The van der Waals surface area contributed by atoms with Crippen molar-refractivity contribution in [1.29, 1.82) is 0 Å². The quantitative estimate of drug-likeness (QED) is 0.896. The van der Waals surface area contributed by atoms with Crippen LogP contribution in [0.15, 0.2) is 12.1 Å². The normalized spacial score (nSPS) is 24.3. The molecule has 3 nitrogen and oxygen atoms in total. The van der Waals surface area contributed by atoms with Crippen LogP contribution < -0.4 is 4.74 Å². The van der Waals surface area contributed by atoms with Crippen molar-refractivity contribution in [2.24, 2.45) is 11.8 Å². The van der Waals surface area contributed by atoms with Crippen LogP contribution in [-0.4, -0.2) is 42.4 Å². The molecule has 0 aromatic heterocycles. The standard InChI is InChI=1S/C18H28ClNO2/c1-12-5-13(2)9-20(8-12)10-16(21)11-22-17-6-14(3)18(19)15(4)7-17/h6-7,12-13,16,21H,5,8-11H2,1-4H3. The van der Waals surface area contributed by atoms with E-state index in [9.17, 15) is 5.11 Å². The Balaban J connectivity index is 1.84. The first-order chi connectivity index (χ1) is 10.3. The predicted molar refractivity (Wildman–Crippen MR) is 91.8 cm³/mol. The fourth-order valence-corrected chi connectivity index (χ4v) is 3.58. The van der Waals surface area contributed by atoms with E-state index in [1.165, 1.54) is 6.42 Å². The van der Waals surface area contributed by atoms with Crippen LogP contribution in [0.5, 0.6) is 5.75 Å². The Morgan fingerprint density at radius 2 is 1.77 bits per heavy atom. The van der Waals surface area contributed by atoms with Gasteiger partial charge in [0.1, 0.15) is 18.5 Å². The minimum Gasteiger partial charge on any atom is -0.491 e. The molecule has 1 saturated heterocycles. The number of ether oxygens (including phenoxy) is 1. The predicted octanol–water partition coefficient (Wildman–Crippen LogP) is 3.67. The molecule has 3 unspecified atom stereocenters. The van der Waals surface area contributed by atoms with Gasteiger partial charge < -0.3 is 14.7 Å². The number of rotatable bonds is 5. The van der Waals surface area contributed by atoms with Crippen LogP contribution in [0.1, 0.15) is 31.4 Å². The molecule has 0 amide bonds. The molecule has 1 aliphatic rings. The summed E-state index contributed by atoms with van der Waals surface area (Å²) in [5, 5.41) is 11.0. The first-order valence-corrected chi connectivity index (χ1v) is 8.53. The van der Waals surface area contributed by atoms with E-state index in [0.717, 1.165) is 35.0 Å². The number of halogens is 1. The highest BCUT2D eigenvalue weighted by molar-refractivity contribution is 6.32. The number of hydrogen-bond acceptors (Lipinski definition) is 3. The third-order valence-electron chi connectivity index (χ3n) is 4.27. The van der Waals surface area contributed by atoms with Gasteiger partial charge in [-0.25, -0.2) is 0 Å². The van der Waals surface area contributed by atoms with Crippen LogP contribution in [0.25, 0.3) is 0 Å². The number of benzene rings is 1. The summed E-state index contributed by atoms with van der Waals surface area (Å²) in [5.74, 6) is 2.19. The number of aryl methyl sites for hydroxylation is 2. The number of hydrogen-bond donors (Lipinski definition) is 1. The van der Waals surface area contributed by atoms with E-state index in [0.29, 0.717) is 25.0 Å². The Morgan fingerprint density at radius 1 is 1.23 bits per heavy atom. The molecule has 1 aliphatic heterocycles. The molecule has 124 valence electrons. The van der Waals surface area contributed by atoms with Crippen LogP contribution >= 0.6 is 11.6 Å². The van der Waals surface area contributed by atoms with Crippen molar-refractivity contribution in [3.63, 3.8) is 0 Å². The number of aliphatic hydroxyl groups is 1. The SMILES string of the molecule is Cc1cc(OCC(O)CN2CC(C)CC(C)C2)cc(C)c1Cl. The smallest absolute Gasteiger partial charge is 0.120 e. The maximum atomic E-state index is 10.2. The molecule has 0 aliphatic carbocycles. The molecule has 0 radical (unpaired) electrons. The van der Waals surface area contributed by atoms with E-state index in [2.05, 4.69) is 18.7 Å². The van der Waals surface area contributed by atoms with E-state index in [1.54, 1.807) is 0 Å². The molecule has 22 heavy (non-hydrogen) atoms. The van der Waals surface area contributed by atoms with Gasteiger partial charge in [-0.05, 0) is 55.4 Å². The average molecular weight is 326 g/mol. The van der Waals surface area contributed by atoms with E-state index in [4.69, 9.17) is 16.3 Å². The van der Waals surface area contributed by atoms with Crippen LogP contribution in [-0.2, 0) is 0 Å². The molecule has 2 rings (SSSR count). The summed E-state index contributed by atoms with van der Waals surface area (Å²) in [6.45, 7) is 11.6. The lowest BCUT2D eigenvalue weighted by Crippen LogP contribution is -2.44. The van der Waals surface area contributed by atoms with Gasteiger partial charge in [-0.2, -0.15) is 0 Å².